The number of methoxy groups -OCH3 is 1. The number of fused-ring (bicyclic) bond motifs is 1. The van der Waals surface area contributed by atoms with Gasteiger partial charge in [0.15, 0.2) is 0 Å². The number of carbonyl (C=O) groups is 1. The number of para-hydroxylation sites is 2. The van der Waals surface area contributed by atoms with E-state index >= 15 is 0 Å². The van der Waals surface area contributed by atoms with Crippen molar-refractivity contribution >= 4 is 17.0 Å². The van der Waals surface area contributed by atoms with Crippen molar-refractivity contribution in [2.75, 3.05) is 7.11 Å². The second kappa shape index (κ2) is 4.37. The van der Waals surface area contributed by atoms with Crippen LogP contribution < -0.4 is 5.56 Å². The summed E-state index contributed by atoms with van der Waals surface area (Å²) in [5.41, 5.74) is 0.730. The maximum Gasteiger partial charge on any atom is 0.362 e. The SMILES string of the molecule is CCn1c(=O)c(C(=O)OC)nc2ccccc21. The lowest BCUT2D eigenvalue weighted by Gasteiger charge is -2.08. The highest BCUT2D eigenvalue weighted by Crippen LogP contribution is 2.10. The van der Waals surface area contributed by atoms with Gasteiger partial charge in [-0.2, -0.15) is 0 Å². The van der Waals surface area contributed by atoms with Crippen LogP contribution in [0.5, 0.6) is 0 Å². The lowest BCUT2D eigenvalue weighted by atomic mass is 10.2. The molecule has 0 saturated heterocycles. The molecule has 1 aromatic heterocycles. The molecule has 0 saturated carbocycles. The van der Waals surface area contributed by atoms with Crippen molar-refractivity contribution in [2.24, 2.45) is 0 Å². The molecule has 88 valence electrons. The zero-order chi connectivity index (χ0) is 12.4. The summed E-state index contributed by atoms with van der Waals surface area (Å²) in [5.74, 6) is -0.706. The summed E-state index contributed by atoms with van der Waals surface area (Å²) >= 11 is 0. The summed E-state index contributed by atoms with van der Waals surface area (Å²) < 4.78 is 6.06. The molecule has 0 fully saturated rings. The van der Waals surface area contributed by atoms with Crippen molar-refractivity contribution in [3.8, 4) is 0 Å². The van der Waals surface area contributed by atoms with E-state index in [1.54, 1.807) is 18.2 Å². The minimum atomic E-state index is -0.706. The Balaban J connectivity index is 2.85. The van der Waals surface area contributed by atoms with E-state index in [4.69, 9.17) is 0 Å². The van der Waals surface area contributed by atoms with Crippen LogP contribution in [0, 0.1) is 0 Å². The molecule has 0 unspecified atom stereocenters. The van der Waals surface area contributed by atoms with Gasteiger partial charge in [0, 0.05) is 6.54 Å². The first kappa shape index (κ1) is 11.3. The number of hydrogen-bond acceptors (Lipinski definition) is 4. The van der Waals surface area contributed by atoms with E-state index in [0.29, 0.717) is 17.6 Å². The molecule has 0 bridgehead atoms. The number of benzene rings is 1. The maximum absolute atomic E-state index is 12.0. The molecule has 0 aliphatic heterocycles. The Labute approximate surface area is 97.7 Å². The Kier molecular flexibility index (Phi) is 2.91. The Bertz CT molecular complexity index is 631. The predicted octanol–water partition coefficient (Wildman–Crippen LogP) is 1.20. The van der Waals surface area contributed by atoms with Gasteiger partial charge in [0.2, 0.25) is 5.69 Å². The standard InChI is InChI=1S/C12H12N2O3/c1-3-14-9-7-5-4-6-8(9)13-10(11(14)15)12(16)17-2/h4-7H,3H2,1-2H3. The van der Waals surface area contributed by atoms with E-state index in [0.717, 1.165) is 0 Å². The number of rotatable bonds is 2. The molecule has 2 aromatic rings. The second-order valence-electron chi connectivity index (χ2n) is 3.49. The summed E-state index contributed by atoms with van der Waals surface area (Å²) in [6.07, 6.45) is 0. The summed E-state index contributed by atoms with van der Waals surface area (Å²) in [6.45, 7) is 2.32. The molecule has 1 heterocycles. The van der Waals surface area contributed by atoms with Crippen LogP contribution >= 0.6 is 0 Å². The van der Waals surface area contributed by atoms with Gasteiger partial charge in [-0.25, -0.2) is 9.78 Å². The Morgan fingerprint density at radius 1 is 1.41 bits per heavy atom. The maximum atomic E-state index is 12.0. The lowest BCUT2D eigenvalue weighted by Crippen LogP contribution is -2.28. The molecule has 0 radical (unpaired) electrons. The molecule has 0 aliphatic carbocycles. The van der Waals surface area contributed by atoms with Gasteiger partial charge < -0.3 is 9.30 Å². The Hall–Kier alpha value is -2.17. The third-order valence-electron chi connectivity index (χ3n) is 2.55. The van der Waals surface area contributed by atoms with Crippen molar-refractivity contribution < 1.29 is 9.53 Å². The van der Waals surface area contributed by atoms with Crippen LogP contribution in [0.25, 0.3) is 11.0 Å². The first-order valence-corrected chi connectivity index (χ1v) is 5.27. The molecule has 0 amide bonds. The highest BCUT2D eigenvalue weighted by Gasteiger charge is 2.16. The molecule has 2 rings (SSSR count). The molecule has 5 heteroatoms. The van der Waals surface area contributed by atoms with Crippen molar-refractivity contribution in [3.05, 3.63) is 40.3 Å². The average molecular weight is 232 g/mol. The van der Waals surface area contributed by atoms with Crippen LogP contribution in [0.1, 0.15) is 17.4 Å². The highest BCUT2D eigenvalue weighted by molar-refractivity contribution is 5.89. The van der Waals surface area contributed by atoms with Gasteiger partial charge in [0.25, 0.3) is 5.56 Å². The molecule has 5 nitrogen and oxygen atoms in total. The van der Waals surface area contributed by atoms with E-state index in [1.165, 1.54) is 11.7 Å². The molecule has 17 heavy (non-hydrogen) atoms. The van der Waals surface area contributed by atoms with Crippen molar-refractivity contribution in [1.82, 2.24) is 9.55 Å². The van der Waals surface area contributed by atoms with Gasteiger partial charge in [-0.15, -0.1) is 0 Å². The van der Waals surface area contributed by atoms with Gasteiger partial charge in [0.05, 0.1) is 18.1 Å². The van der Waals surface area contributed by atoms with E-state index in [-0.39, 0.29) is 5.69 Å². The lowest BCUT2D eigenvalue weighted by molar-refractivity contribution is 0.0591. The largest absolute Gasteiger partial charge is 0.464 e. The fourth-order valence-electron chi connectivity index (χ4n) is 1.74. The van der Waals surface area contributed by atoms with Crippen LogP contribution in [0.15, 0.2) is 29.1 Å². The summed E-state index contributed by atoms with van der Waals surface area (Å²) in [5, 5.41) is 0. The van der Waals surface area contributed by atoms with Crippen LogP contribution in [-0.2, 0) is 11.3 Å². The number of aryl methyl sites for hydroxylation is 1. The Morgan fingerprint density at radius 3 is 2.76 bits per heavy atom. The topological polar surface area (TPSA) is 61.2 Å². The normalized spacial score (nSPS) is 10.5. The van der Waals surface area contributed by atoms with Gasteiger partial charge in [0.1, 0.15) is 0 Å². The third kappa shape index (κ3) is 1.80. The van der Waals surface area contributed by atoms with Crippen molar-refractivity contribution in [2.45, 2.75) is 13.5 Å². The number of aromatic nitrogens is 2. The predicted molar refractivity (Wildman–Crippen MR) is 63.0 cm³/mol. The van der Waals surface area contributed by atoms with Crippen LogP contribution in [0.4, 0.5) is 0 Å². The summed E-state index contributed by atoms with van der Waals surface area (Å²) in [7, 11) is 1.23. The van der Waals surface area contributed by atoms with Gasteiger partial charge >= 0.3 is 5.97 Å². The van der Waals surface area contributed by atoms with Gasteiger partial charge in [-0.05, 0) is 19.1 Å². The van der Waals surface area contributed by atoms with E-state index in [9.17, 15) is 9.59 Å². The number of carbonyl (C=O) groups excluding carboxylic acids is 1. The first-order chi connectivity index (χ1) is 8.19. The molecule has 0 aliphatic rings. The van der Waals surface area contributed by atoms with E-state index in [1.807, 2.05) is 13.0 Å². The van der Waals surface area contributed by atoms with Gasteiger partial charge in [-0.1, -0.05) is 12.1 Å². The Morgan fingerprint density at radius 2 is 2.12 bits per heavy atom. The molecular weight excluding hydrogens is 220 g/mol. The highest BCUT2D eigenvalue weighted by atomic mass is 16.5. The minimum Gasteiger partial charge on any atom is -0.464 e. The molecule has 0 spiro atoms. The van der Waals surface area contributed by atoms with Crippen molar-refractivity contribution in [1.29, 1.82) is 0 Å². The summed E-state index contributed by atoms with van der Waals surface area (Å²) in [4.78, 5) is 27.5. The minimum absolute atomic E-state index is 0.173. The quantitative estimate of drug-likeness (QED) is 0.730. The molecule has 1 aromatic carbocycles. The number of esters is 1. The number of ether oxygens (including phenoxy) is 1. The number of hydrogen-bond donors (Lipinski definition) is 0. The zero-order valence-corrected chi connectivity index (χ0v) is 9.64. The first-order valence-electron chi connectivity index (χ1n) is 5.27. The fraction of sp³-hybridized carbons (Fsp3) is 0.250. The second-order valence-corrected chi connectivity index (χ2v) is 3.49. The van der Waals surface area contributed by atoms with Gasteiger partial charge in [-0.3, -0.25) is 4.79 Å². The monoisotopic (exact) mass is 232 g/mol. The van der Waals surface area contributed by atoms with Crippen LogP contribution in [0.2, 0.25) is 0 Å². The molecular formula is C12H12N2O3. The third-order valence-corrected chi connectivity index (χ3v) is 2.55. The summed E-state index contributed by atoms with van der Waals surface area (Å²) in [6, 6.07) is 7.19. The van der Waals surface area contributed by atoms with E-state index in [2.05, 4.69) is 9.72 Å². The zero-order valence-electron chi connectivity index (χ0n) is 9.64. The molecule has 0 N–H and O–H groups in total. The average Bonchev–Trinajstić information content (AvgIpc) is 2.37. The fourth-order valence-corrected chi connectivity index (χ4v) is 1.74. The van der Waals surface area contributed by atoms with Crippen LogP contribution in [0.3, 0.4) is 0 Å². The van der Waals surface area contributed by atoms with E-state index < -0.39 is 11.5 Å². The van der Waals surface area contributed by atoms with Crippen LogP contribution in [-0.4, -0.2) is 22.6 Å². The van der Waals surface area contributed by atoms with Crippen molar-refractivity contribution in [3.63, 3.8) is 0 Å². The smallest absolute Gasteiger partial charge is 0.362 e. The number of nitrogens with zero attached hydrogens (tertiary/aromatic N) is 2. The molecule has 0 atom stereocenters.